The lowest BCUT2D eigenvalue weighted by Crippen LogP contribution is -2.48. The summed E-state index contributed by atoms with van der Waals surface area (Å²) in [6, 6.07) is 14.4. The first kappa shape index (κ1) is 25.9. The quantitative estimate of drug-likeness (QED) is 0.392. The molecule has 5 rings (SSSR count). The highest BCUT2D eigenvalue weighted by Gasteiger charge is 2.34. The van der Waals surface area contributed by atoms with E-state index in [4.69, 9.17) is 18.9 Å². The fourth-order valence-corrected chi connectivity index (χ4v) is 5.80. The molecule has 9 heteroatoms. The topological polar surface area (TPSA) is 77.5 Å². The maximum Gasteiger partial charge on any atom is 0.254 e. The standard InChI is InChI=1S/C29H32N2O6S/c1-19(2)15-30(29(33)20-7-8-25-26(13-20)37-18-36-25)16-28(32)31-11-9-27-23(10-12-38-27)24(31)17-35-22-6-4-5-21(14-22)34-3/h4-8,10,12-14,19,24H,9,11,15-18H2,1-3H3/t24-/m0/s1. The number of carbonyl (C=O) groups excluding carboxylic acids is 2. The van der Waals surface area contributed by atoms with Crippen LogP contribution in [0.1, 0.15) is 40.7 Å². The fraction of sp³-hybridized carbons (Fsp3) is 0.379. The van der Waals surface area contributed by atoms with Crippen molar-refractivity contribution < 1.29 is 28.5 Å². The first-order valence-electron chi connectivity index (χ1n) is 12.7. The summed E-state index contributed by atoms with van der Waals surface area (Å²) in [7, 11) is 1.62. The van der Waals surface area contributed by atoms with Crippen LogP contribution < -0.4 is 18.9 Å². The minimum atomic E-state index is -0.245. The molecule has 0 unspecified atom stereocenters. The molecule has 8 nitrogen and oxygen atoms in total. The number of ether oxygens (including phenoxy) is 4. The van der Waals surface area contributed by atoms with Gasteiger partial charge in [0.15, 0.2) is 11.5 Å². The third-order valence-electron chi connectivity index (χ3n) is 6.68. The monoisotopic (exact) mass is 536 g/mol. The lowest BCUT2D eigenvalue weighted by Gasteiger charge is -2.37. The highest BCUT2D eigenvalue weighted by atomic mass is 32.1. The van der Waals surface area contributed by atoms with Crippen molar-refractivity contribution in [2.45, 2.75) is 26.3 Å². The first-order chi connectivity index (χ1) is 18.4. The van der Waals surface area contributed by atoms with Gasteiger partial charge in [0, 0.05) is 29.6 Å². The molecular weight excluding hydrogens is 504 g/mol. The number of amides is 2. The van der Waals surface area contributed by atoms with Crippen molar-refractivity contribution in [2.24, 2.45) is 5.92 Å². The predicted molar refractivity (Wildman–Crippen MR) is 144 cm³/mol. The van der Waals surface area contributed by atoms with Crippen LogP contribution in [0, 0.1) is 5.92 Å². The van der Waals surface area contributed by atoms with Crippen molar-refractivity contribution in [3.05, 3.63) is 69.9 Å². The number of benzene rings is 2. The number of thiophene rings is 1. The summed E-state index contributed by atoms with van der Waals surface area (Å²) in [5, 5.41) is 2.06. The number of carbonyl (C=O) groups is 2. The van der Waals surface area contributed by atoms with Crippen molar-refractivity contribution in [1.82, 2.24) is 9.80 Å². The highest BCUT2D eigenvalue weighted by molar-refractivity contribution is 7.10. The normalized spacial score (nSPS) is 15.8. The van der Waals surface area contributed by atoms with Gasteiger partial charge < -0.3 is 28.7 Å². The average molecular weight is 537 g/mol. The van der Waals surface area contributed by atoms with Crippen LogP contribution in [0.25, 0.3) is 0 Å². The molecule has 3 aromatic rings. The Morgan fingerprint density at radius 3 is 2.74 bits per heavy atom. The third kappa shape index (κ3) is 5.57. The molecule has 1 atom stereocenters. The molecule has 0 radical (unpaired) electrons. The van der Waals surface area contributed by atoms with Gasteiger partial charge in [0.1, 0.15) is 24.7 Å². The fourth-order valence-electron chi connectivity index (χ4n) is 4.87. The molecule has 0 bridgehead atoms. The summed E-state index contributed by atoms with van der Waals surface area (Å²) >= 11 is 1.70. The van der Waals surface area contributed by atoms with Gasteiger partial charge in [-0.3, -0.25) is 9.59 Å². The zero-order chi connectivity index (χ0) is 26.6. The molecule has 0 spiro atoms. The third-order valence-corrected chi connectivity index (χ3v) is 7.68. The van der Waals surface area contributed by atoms with Crippen LogP contribution >= 0.6 is 11.3 Å². The Hall–Kier alpha value is -3.72. The molecule has 2 aliphatic rings. The number of methoxy groups -OCH3 is 1. The second kappa shape index (κ2) is 11.3. The largest absolute Gasteiger partial charge is 0.497 e. The second-order valence-corrected chi connectivity index (χ2v) is 10.8. The maximum atomic E-state index is 13.8. The van der Waals surface area contributed by atoms with Crippen LogP contribution in [0.5, 0.6) is 23.0 Å². The number of rotatable bonds is 9. The van der Waals surface area contributed by atoms with Crippen LogP contribution in [0.2, 0.25) is 0 Å². The lowest BCUT2D eigenvalue weighted by atomic mass is 10.00. The average Bonchev–Trinajstić information content (AvgIpc) is 3.60. The Bertz CT molecular complexity index is 1310. The van der Waals surface area contributed by atoms with Crippen LogP contribution in [-0.2, 0) is 11.2 Å². The molecule has 3 heterocycles. The minimum absolute atomic E-state index is 0.0133. The molecule has 1 aromatic heterocycles. The van der Waals surface area contributed by atoms with Gasteiger partial charge >= 0.3 is 0 Å². The Balaban J connectivity index is 1.34. The predicted octanol–water partition coefficient (Wildman–Crippen LogP) is 4.79. The molecule has 38 heavy (non-hydrogen) atoms. The number of hydrogen-bond acceptors (Lipinski definition) is 7. The molecule has 2 amide bonds. The molecule has 0 saturated carbocycles. The van der Waals surface area contributed by atoms with Crippen LogP contribution in [-0.4, -0.2) is 61.8 Å². The Kier molecular flexibility index (Phi) is 7.74. The summed E-state index contributed by atoms with van der Waals surface area (Å²) in [6.45, 7) is 5.54. The second-order valence-electron chi connectivity index (χ2n) is 9.79. The van der Waals surface area contributed by atoms with Gasteiger partial charge in [0.2, 0.25) is 12.7 Å². The summed E-state index contributed by atoms with van der Waals surface area (Å²) in [5.41, 5.74) is 1.58. The van der Waals surface area contributed by atoms with Gasteiger partial charge in [-0.15, -0.1) is 11.3 Å². The van der Waals surface area contributed by atoms with E-state index in [-0.39, 0.29) is 37.1 Å². The highest BCUT2D eigenvalue weighted by Crippen LogP contribution is 2.35. The van der Waals surface area contributed by atoms with E-state index < -0.39 is 0 Å². The van der Waals surface area contributed by atoms with Crippen molar-refractivity contribution >= 4 is 23.2 Å². The van der Waals surface area contributed by atoms with Gasteiger partial charge in [-0.2, -0.15) is 0 Å². The Morgan fingerprint density at radius 2 is 1.92 bits per heavy atom. The van der Waals surface area contributed by atoms with Gasteiger partial charge in [0.05, 0.1) is 13.2 Å². The zero-order valence-electron chi connectivity index (χ0n) is 21.8. The summed E-state index contributed by atoms with van der Waals surface area (Å²) in [5.74, 6) is 2.44. The van der Waals surface area contributed by atoms with E-state index >= 15 is 0 Å². The summed E-state index contributed by atoms with van der Waals surface area (Å²) < 4.78 is 22.3. The van der Waals surface area contributed by atoms with Crippen molar-refractivity contribution in [3.63, 3.8) is 0 Å². The van der Waals surface area contributed by atoms with E-state index in [0.717, 1.165) is 12.0 Å². The molecule has 2 aliphatic heterocycles. The van der Waals surface area contributed by atoms with E-state index in [1.165, 1.54) is 4.88 Å². The molecular formula is C29H32N2O6S. The zero-order valence-corrected chi connectivity index (χ0v) is 22.7. The smallest absolute Gasteiger partial charge is 0.254 e. The number of hydrogen-bond donors (Lipinski definition) is 0. The summed E-state index contributed by atoms with van der Waals surface area (Å²) in [6.07, 6.45) is 0.786. The van der Waals surface area contributed by atoms with Gasteiger partial charge in [-0.25, -0.2) is 0 Å². The molecule has 0 saturated heterocycles. The van der Waals surface area contributed by atoms with E-state index in [1.807, 2.05) is 43.0 Å². The van der Waals surface area contributed by atoms with Crippen molar-refractivity contribution in [1.29, 1.82) is 0 Å². The van der Waals surface area contributed by atoms with Crippen LogP contribution in [0.3, 0.4) is 0 Å². The molecule has 200 valence electrons. The van der Waals surface area contributed by atoms with Gasteiger partial charge in [0.25, 0.3) is 5.91 Å². The minimum Gasteiger partial charge on any atom is -0.497 e. The Morgan fingerprint density at radius 1 is 1.11 bits per heavy atom. The van der Waals surface area contributed by atoms with E-state index in [9.17, 15) is 9.59 Å². The van der Waals surface area contributed by atoms with Crippen molar-refractivity contribution in [2.75, 3.05) is 40.1 Å². The Labute approximate surface area is 226 Å². The van der Waals surface area contributed by atoms with E-state index in [0.29, 0.717) is 48.3 Å². The first-order valence-corrected chi connectivity index (χ1v) is 13.6. The van der Waals surface area contributed by atoms with E-state index in [1.54, 1.807) is 41.5 Å². The molecule has 2 aromatic carbocycles. The molecule has 0 N–H and O–H groups in total. The molecule has 0 fully saturated rings. The molecule has 0 aliphatic carbocycles. The van der Waals surface area contributed by atoms with Crippen LogP contribution in [0.4, 0.5) is 0 Å². The van der Waals surface area contributed by atoms with E-state index in [2.05, 4.69) is 11.4 Å². The number of fused-ring (bicyclic) bond motifs is 2. The number of nitrogens with zero attached hydrogens (tertiary/aromatic N) is 2. The van der Waals surface area contributed by atoms with Crippen molar-refractivity contribution in [3.8, 4) is 23.0 Å². The lowest BCUT2D eigenvalue weighted by molar-refractivity contribution is -0.135. The van der Waals surface area contributed by atoms with Gasteiger partial charge in [-0.1, -0.05) is 19.9 Å². The summed E-state index contributed by atoms with van der Waals surface area (Å²) in [4.78, 5) is 32.1. The maximum absolute atomic E-state index is 13.8. The SMILES string of the molecule is COc1cccc(OC[C@H]2c3ccsc3CCN2C(=O)CN(CC(C)C)C(=O)c2ccc3c(c2)OCO3)c1. The van der Waals surface area contributed by atoms with Gasteiger partial charge in [-0.05, 0) is 59.7 Å². The van der Waals surface area contributed by atoms with Crippen LogP contribution in [0.15, 0.2) is 53.9 Å².